The van der Waals surface area contributed by atoms with Gasteiger partial charge < -0.3 is 4.57 Å². The van der Waals surface area contributed by atoms with Crippen LogP contribution in [0.4, 0.5) is 0 Å². The maximum Gasteiger partial charge on any atom is 0.150 e. The maximum atomic E-state index is 5.22. The Morgan fingerprint density at radius 1 is 1.07 bits per heavy atom. The molecule has 0 spiro atoms. The van der Waals surface area contributed by atoms with Gasteiger partial charge in [-0.05, 0) is 63.8 Å². The van der Waals surface area contributed by atoms with E-state index in [1.807, 2.05) is 11.3 Å². The molecule has 4 heterocycles. The molecule has 3 aliphatic carbocycles. The van der Waals surface area contributed by atoms with Gasteiger partial charge in [0, 0.05) is 23.3 Å². The van der Waals surface area contributed by atoms with Crippen LogP contribution in [0.3, 0.4) is 0 Å². The van der Waals surface area contributed by atoms with Crippen LogP contribution >= 0.6 is 11.3 Å². The second-order valence-corrected chi connectivity index (χ2v) is 11.5. The molecule has 2 bridgehead atoms. The van der Waals surface area contributed by atoms with E-state index in [9.17, 15) is 0 Å². The predicted molar refractivity (Wildman–Crippen MR) is 115 cm³/mol. The minimum atomic E-state index is 0.417. The standard InChI is InChI=1S/C23H33N5S/c1-3-22-13-23(14-22,15-22)20-16(2)29-19(24-20)12-27-10-7-8-17(27)21-26-25-18-9-5-4-6-11-28(18)21/h17H,3-15H2,1-2H3. The maximum absolute atomic E-state index is 5.22. The van der Waals surface area contributed by atoms with Gasteiger partial charge in [0.15, 0.2) is 0 Å². The third kappa shape index (κ3) is 2.78. The SMILES string of the molecule is CCC12CC(c3nc(CN4CCCC4c4nnc5n4CCCCC5)sc3C)(C1)C2. The lowest BCUT2D eigenvalue weighted by atomic mass is 9.33. The Hall–Kier alpha value is -1.27. The van der Waals surface area contributed by atoms with Gasteiger partial charge >= 0.3 is 0 Å². The van der Waals surface area contributed by atoms with Gasteiger partial charge in [-0.1, -0.05) is 19.8 Å². The quantitative estimate of drug-likeness (QED) is 0.699. The van der Waals surface area contributed by atoms with E-state index in [1.54, 1.807) is 0 Å². The Morgan fingerprint density at radius 2 is 1.93 bits per heavy atom. The summed E-state index contributed by atoms with van der Waals surface area (Å²) in [5.74, 6) is 2.43. The van der Waals surface area contributed by atoms with Crippen molar-refractivity contribution in [3.63, 3.8) is 0 Å². The summed E-state index contributed by atoms with van der Waals surface area (Å²) in [5, 5.41) is 10.6. The highest BCUT2D eigenvalue weighted by atomic mass is 32.1. The molecular weight excluding hydrogens is 378 g/mol. The smallest absolute Gasteiger partial charge is 0.150 e. The molecular formula is C23H33N5S. The average molecular weight is 412 g/mol. The summed E-state index contributed by atoms with van der Waals surface area (Å²) in [5.41, 5.74) is 2.57. The lowest BCUT2D eigenvalue weighted by molar-refractivity contribution is -0.145. The van der Waals surface area contributed by atoms with Crippen molar-refractivity contribution >= 4 is 11.3 Å². The summed E-state index contributed by atoms with van der Waals surface area (Å²) in [6.07, 6.45) is 12.9. The molecule has 1 unspecified atom stereocenters. The van der Waals surface area contributed by atoms with E-state index in [-0.39, 0.29) is 0 Å². The number of likely N-dealkylation sites (tertiary alicyclic amines) is 1. The topological polar surface area (TPSA) is 46.8 Å². The third-order valence-electron chi connectivity index (χ3n) is 8.37. The van der Waals surface area contributed by atoms with Crippen molar-refractivity contribution in [2.24, 2.45) is 5.41 Å². The summed E-state index contributed by atoms with van der Waals surface area (Å²) in [7, 11) is 0. The largest absolute Gasteiger partial charge is 0.314 e. The molecule has 7 rings (SSSR count). The second-order valence-electron chi connectivity index (χ2n) is 10.2. The van der Waals surface area contributed by atoms with Gasteiger partial charge in [0.2, 0.25) is 0 Å². The zero-order chi connectivity index (χ0) is 19.6. The van der Waals surface area contributed by atoms with E-state index in [0.29, 0.717) is 16.9 Å². The van der Waals surface area contributed by atoms with Crippen LogP contribution in [0, 0.1) is 12.3 Å². The number of hydrogen-bond acceptors (Lipinski definition) is 5. The number of fused-ring (bicyclic) bond motifs is 1. The van der Waals surface area contributed by atoms with Gasteiger partial charge in [-0.25, -0.2) is 4.98 Å². The van der Waals surface area contributed by atoms with E-state index in [0.717, 1.165) is 26.1 Å². The Morgan fingerprint density at radius 3 is 2.76 bits per heavy atom. The van der Waals surface area contributed by atoms with Crippen LogP contribution in [0.5, 0.6) is 0 Å². The number of nitrogens with zero attached hydrogens (tertiary/aromatic N) is 5. The van der Waals surface area contributed by atoms with Gasteiger partial charge in [-0.3, -0.25) is 4.90 Å². The minimum absolute atomic E-state index is 0.417. The molecule has 1 atom stereocenters. The summed E-state index contributed by atoms with van der Waals surface area (Å²) in [6.45, 7) is 7.90. The lowest BCUT2D eigenvalue weighted by Gasteiger charge is -2.70. The molecule has 5 aliphatic rings. The van der Waals surface area contributed by atoms with Crippen LogP contribution in [-0.2, 0) is 24.9 Å². The zero-order valence-corrected chi connectivity index (χ0v) is 18.7. The summed E-state index contributed by atoms with van der Waals surface area (Å²) >= 11 is 1.94. The molecule has 156 valence electrons. The molecule has 0 N–H and O–H groups in total. The number of aromatic nitrogens is 4. The fraction of sp³-hybridized carbons (Fsp3) is 0.783. The fourth-order valence-electron chi connectivity index (χ4n) is 6.87. The normalized spacial score (nSPS) is 33.8. The molecule has 5 nitrogen and oxygen atoms in total. The van der Waals surface area contributed by atoms with Crippen molar-refractivity contribution in [3.05, 3.63) is 27.2 Å². The molecule has 2 aliphatic heterocycles. The molecule has 2 aromatic rings. The molecule has 1 saturated heterocycles. The lowest BCUT2D eigenvalue weighted by Crippen LogP contribution is -2.64. The summed E-state index contributed by atoms with van der Waals surface area (Å²) in [6, 6.07) is 0.417. The van der Waals surface area contributed by atoms with E-state index in [1.165, 1.54) is 85.0 Å². The number of rotatable bonds is 5. The van der Waals surface area contributed by atoms with Crippen molar-refractivity contribution in [2.75, 3.05) is 6.54 Å². The van der Waals surface area contributed by atoms with E-state index in [4.69, 9.17) is 4.98 Å². The van der Waals surface area contributed by atoms with Crippen LogP contribution in [0.1, 0.15) is 98.0 Å². The molecule has 0 aromatic carbocycles. The van der Waals surface area contributed by atoms with Crippen LogP contribution in [-0.4, -0.2) is 31.2 Å². The highest BCUT2D eigenvalue weighted by Crippen LogP contribution is 2.75. The van der Waals surface area contributed by atoms with Crippen molar-refractivity contribution in [1.29, 1.82) is 0 Å². The van der Waals surface area contributed by atoms with Gasteiger partial charge in [0.1, 0.15) is 16.7 Å². The Kier molecular flexibility index (Phi) is 4.22. The van der Waals surface area contributed by atoms with E-state index >= 15 is 0 Å². The van der Waals surface area contributed by atoms with Gasteiger partial charge in [-0.2, -0.15) is 0 Å². The Balaban J connectivity index is 1.21. The minimum Gasteiger partial charge on any atom is -0.314 e. The van der Waals surface area contributed by atoms with Crippen molar-refractivity contribution in [2.45, 2.75) is 103 Å². The first-order chi connectivity index (χ1) is 14.1. The molecule has 4 fully saturated rings. The Bertz CT molecular complexity index is 908. The average Bonchev–Trinajstić information content (AvgIpc) is 3.29. The number of aryl methyl sites for hydroxylation is 2. The van der Waals surface area contributed by atoms with Crippen LogP contribution in [0.2, 0.25) is 0 Å². The molecule has 2 aromatic heterocycles. The number of thiazole rings is 1. The van der Waals surface area contributed by atoms with Crippen molar-refractivity contribution in [1.82, 2.24) is 24.6 Å². The van der Waals surface area contributed by atoms with E-state index in [2.05, 4.69) is 33.5 Å². The number of hydrogen-bond donors (Lipinski definition) is 0. The molecule has 6 heteroatoms. The summed E-state index contributed by atoms with van der Waals surface area (Å²) < 4.78 is 2.44. The first-order valence-electron chi connectivity index (χ1n) is 11.7. The van der Waals surface area contributed by atoms with Gasteiger partial charge in [0.05, 0.1) is 18.3 Å². The monoisotopic (exact) mass is 411 g/mol. The van der Waals surface area contributed by atoms with Gasteiger partial charge in [-0.15, -0.1) is 21.5 Å². The summed E-state index contributed by atoms with van der Waals surface area (Å²) in [4.78, 5) is 9.32. The van der Waals surface area contributed by atoms with Crippen molar-refractivity contribution in [3.8, 4) is 0 Å². The van der Waals surface area contributed by atoms with Gasteiger partial charge in [0.25, 0.3) is 0 Å². The van der Waals surface area contributed by atoms with Crippen molar-refractivity contribution < 1.29 is 0 Å². The first-order valence-corrected chi connectivity index (χ1v) is 12.6. The zero-order valence-electron chi connectivity index (χ0n) is 17.9. The molecule has 0 amide bonds. The fourth-order valence-corrected chi connectivity index (χ4v) is 7.95. The Labute approximate surface area is 177 Å². The molecule has 0 radical (unpaired) electrons. The molecule has 29 heavy (non-hydrogen) atoms. The first kappa shape index (κ1) is 18.5. The van der Waals surface area contributed by atoms with Crippen LogP contribution < -0.4 is 0 Å². The van der Waals surface area contributed by atoms with E-state index < -0.39 is 0 Å². The molecule has 3 saturated carbocycles. The van der Waals surface area contributed by atoms with Crippen LogP contribution in [0.15, 0.2) is 0 Å². The third-order valence-corrected chi connectivity index (χ3v) is 9.33. The highest BCUT2D eigenvalue weighted by molar-refractivity contribution is 7.11. The second kappa shape index (κ2) is 6.61. The highest BCUT2D eigenvalue weighted by Gasteiger charge is 2.68. The predicted octanol–water partition coefficient (Wildman–Crippen LogP) is 4.94. The van der Waals surface area contributed by atoms with Crippen LogP contribution in [0.25, 0.3) is 0 Å².